The summed E-state index contributed by atoms with van der Waals surface area (Å²) in [5.41, 5.74) is 1.03. The lowest BCUT2D eigenvalue weighted by Crippen LogP contribution is -2.39. The molecule has 0 fully saturated rings. The van der Waals surface area contributed by atoms with Crippen LogP contribution in [0.25, 0.3) is 6.20 Å². The van der Waals surface area contributed by atoms with Crippen molar-refractivity contribution in [3.63, 3.8) is 0 Å². The standard InChI is InChI=1S/C22H18ClN3O5S2/c1-3-31-21(30)17-11(2)25-22-26(18(17)15-5-4-8-32-15)19(27)16(33-22)10-24-12-6-7-13(20(28)29)14(23)9-12/h4-10,18,24H,3H2,1-2H3,(H,28,29)/b16-10-/t18-/m1/s1. The molecule has 1 aliphatic rings. The number of halogens is 1. The van der Waals surface area contributed by atoms with Crippen LogP contribution >= 0.6 is 34.3 Å². The molecule has 170 valence electrons. The van der Waals surface area contributed by atoms with E-state index in [0.29, 0.717) is 26.3 Å². The molecule has 0 radical (unpaired) electrons. The number of aromatic carboxylic acids is 1. The van der Waals surface area contributed by atoms with Gasteiger partial charge in [0.05, 0.1) is 28.5 Å². The number of nitrogens with one attached hydrogen (secondary N) is 1. The topological polar surface area (TPSA) is 110 Å². The maximum absolute atomic E-state index is 13.4. The quantitative estimate of drug-likeness (QED) is 0.500. The van der Waals surface area contributed by atoms with Gasteiger partial charge in [-0.3, -0.25) is 9.36 Å². The van der Waals surface area contributed by atoms with Gasteiger partial charge < -0.3 is 15.2 Å². The number of carboxylic acids is 1. The van der Waals surface area contributed by atoms with Crippen LogP contribution in [0.5, 0.6) is 0 Å². The van der Waals surface area contributed by atoms with E-state index in [-0.39, 0.29) is 22.8 Å². The van der Waals surface area contributed by atoms with Crippen LogP contribution in [-0.2, 0) is 9.53 Å². The van der Waals surface area contributed by atoms with Crippen molar-refractivity contribution in [3.05, 3.63) is 82.1 Å². The Kier molecular flexibility index (Phi) is 6.50. The van der Waals surface area contributed by atoms with Gasteiger partial charge in [0.25, 0.3) is 5.56 Å². The van der Waals surface area contributed by atoms with Gasteiger partial charge in [0, 0.05) is 16.8 Å². The number of thiophene rings is 1. The van der Waals surface area contributed by atoms with Crippen molar-refractivity contribution in [1.29, 1.82) is 0 Å². The Bertz CT molecular complexity index is 1450. The third kappa shape index (κ3) is 4.37. The predicted molar refractivity (Wildman–Crippen MR) is 128 cm³/mol. The largest absolute Gasteiger partial charge is 0.478 e. The number of carboxylic acid groups (broad SMARTS) is 1. The summed E-state index contributed by atoms with van der Waals surface area (Å²) in [6.45, 7) is 3.67. The van der Waals surface area contributed by atoms with E-state index in [1.54, 1.807) is 19.9 Å². The highest BCUT2D eigenvalue weighted by atomic mass is 35.5. The number of ether oxygens (including phenoxy) is 1. The molecule has 2 aromatic heterocycles. The summed E-state index contributed by atoms with van der Waals surface area (Å²) in [6.07, 6.45) is 1.52. The van der Waals surface area contributed by atoms with Crippen molar-refractivity contribution in [2.45, 2.75) is 19.9 Å². The van der Waals surface area contributed by atoms with Crippen LogP contribution in [0, 0.1) is 0 Å². The zero-order valence-corrected chi connectivity index (χ0v) is 19.9. The number of carbonyl (C=O) groups excluding carboxylic acids is 1. The van der Waals surface area contributed by atoms with Gasteiger partial charge in [0.2, 0.25) is 0 Å². The zero-order chi connectivity index (χ0) is 23.7. The fourth-order valence-corrected chi connectivity index (χ4v) is 5.49. The molecule has 4 rings (SSSR count). The van der Waals surface area contributed by atoms with Gasteiger partial charge in [-0.2, -0.15) is 0 Å². The minimum Gasteiger partial charge on any atom is -0.478 e. The van der Waals surface area contributed by atoms with Crippen LogP contribution in [0.1, 0.15) is 35.1 Å². The lowest BCUT2D eigenvalue weighted by molar-refractivity contribution is -0.139. The number of fused-ring (bicyclic) bond motifs is 1. The molecule has 33 heavy (non-hydrogen) atoms. The Hall–Kier alpha value is -3.21. The van der Waals surface area contributed by atoms with Crippen LogP contribution in [0.3, 0.4) is 0 Å². The van der Waals surface area contributed by atoms with Crippen LogP contribution in [0.15, 0.2) is 56.8 Å². The number of benzene rings is 1. The maximum atomic E-state index is 13.4. The molecule has 1 aliphatic heterocycles. The van der Waals surface area contributed by atoms with E-state index in [0.717, 1.165) is 4.88 Å². The molecule has 3 heterocycles. The predicted octanol–water partition coefficient (Wildman–Crippen LogP) is 3.23. The van der Waals surface area contributed by atoms with Crippen molar-refractivity contribution in [2.24, 2.45) is 4.99 Å². The summed E-state index contributed by atoms with van der Waals surface area (Å²) in [4.78, 5) is 43.0. The minimum absolute atomic E-state index is 0.0143. The minimum atomic E-state index is -1.12. The van der Waals surface area contributed by atoms with Crippen molar-refractivity contribution in [3.8, 4) is 0 Å². The molecule has 0 amide bonds. The average molecular weight is 504 g/mol. The lowest BCUT2D eigenvalue weighted by Gasteiger charge is -2.23. The molecule has 8 nitrogen and oxygen atoms in total. The van der Waals surface area contributed by atoms with E-state index in [4.69, 9.17) is 21.4 Å². The number of hydrogen-bond acceptors (Lipinski definition) is 8. The lowest BCUT2D eigenvalue weighted by atomic mass is 10.0. The molecule has 0 spiro atoms. The van der Waals surface area contributed by atoms with Gasteiger partial charge in [-0.1, -0.05) is 29.0 Å². The van der Waals surface area contributed by atoms with Crippen LogP contribution in [0.2, 0.25) is 5.02 Å². The van der Waals surface area contributed by atoms with Gasteiger partial charge in [-0.15, -0.1) is 11.3 Å². The molecule has 0 unspecified atom stereocenters. The number of nitrogens with zero attached hydrogens (tertiary/aromatic N) is 2. The van der Waals surface area contributed by atoms with Gasteiger partial charge in [-0.25, -0.2) is 14.6 Å². The molecule has 0 saturated heterocycles. The number of anilines is 1. The summed E-state index contributed by atoms with van der Waals surface area (Å²) in [5, 5.41) is 14.1. The van der Waals surface area contributed by atoms with Gasteiger partial charge in [-0.05, 0) is 43.5 Å². The number of aromatic nitrogens is 1. The number of rotatable bonds is 6. The Morgan fingerprint density at radius 2 is 2.15 bits per heavy atom. The van der Waals surface area contributed by atoms with E-state index >= 15 is 0 Å². The highest BCUT2D eigenvalue weighted by molar-refractivity contribution is 7.10. The first-order chi connectivity index (χ1) is 15.8. The number of esters is 1. The fraction of sp³-hybridized carbons (Fsp3) is 0.182. The van der Waals surface area contributed by atoms with Crippen molar-refractivity contribution < 1.29 is 19.4 Å². The molecule has 11 heteroatoms. The molecule has 0 aliphatic carbocycles. The Labute approximate surface area is 200 Å². The Morgan fingerprint density at radius 1 is 1.36 bits per heavy atom. The number of carbonyl (C=O) groups is 2. The van der Waals surface area contributed by atoms with Gasteiger partial charge in [0.15, 0.2) is 4.80 Å². The second kappa shape index (κ2) is 9.34. The first kappa shape index (κ1) is 23.0. The first-order valence-corrected chi connectivity index (χ1v) is 11.9. The van der Waals surface area contributed by atoms with E-state index in [1.165, 1.54) is 45.6 Å². The smallest absolute Gasteiger partial charge is 0.338 e. The third-order valence-corrected chi connectivity index (χ3v) is 7.12. The normalized spacial score (nSPS) is 15.7. The monoisotopic (exact) mass is 503 g/mol. The number of hydrogen-bond donors (Lipinski definition) is 2. The van der Waals surface area contributed by atoms with Crippen LogP contribution in [0.4, 0.5) is 5.69 Å². The zero-order valence-electron chi connectivity index (χ0n) is 17.5. The highest BCUT2D eigenvalue weighted by Crippen LogP contribution is 2.33. The second-order valence-electron chi connectivity index (χ2n) is 6.96. The van der Waals surface area contributed by atoms with Gasteiger partial charge in [0.1, 0.15) is 10.6 Å². The van der Waals surface area contributed by atoms with Crippen LogP contribution in [-0.4, -0.2) is 28.2 Å². The highest BCUT2D eigenvalue weighted by Gasteiger charge is 2.33. The molecule has 1 atom stereocenters. The summed E-state index contributed by atoms with van der Waals surface area (Å²) in [7, 11) is 0. The Balaban J connectivity index is 1.79. The fourth-order valence-electron chi connectivity index (χ4n) is 3.43. The second-order valence-corrected chi connectivity index (χ2v) is 9.36. The van der Waals surface area contributed by atoms with Crippen molar-refractivity contribution in [2.75, 3.05) is 11.9 Å². The maximum Gasteiger partial charge on any atom is 0.338 e. The molecule has 2 N–H and O–H groups in total. The number of allylic oxidation sites excluding steroid dienone is 1. The summed E-state index contributed by atoms with van der Waals surface area (Å²) >= 11 is 8.65. The molecule has 0 bridgehead atoms. The molecule has 0 saturated carbocycles. The van der Waals surface area contributed by atoms with Gasteiger partial charge >= 0.3 is 11.9 Å². The summed E-state index contributed by atoms with van der Waals surface area (Å²) in [6, 6.07) is 7.51. The average Bonchev–Trinajstić information content (AvgIpc) is 3.39. The SMILES string of the molecule is CCOC(=O)C1=C(C)N=c2s/c(=C\Nc3ccc(C(=O)O)c(Cl)c3)c(=O)n2[C@@H]1c1cccs1. The Morgan fingerprint density at radius 3 is 2.79 bits per heavy atom. The third-order valence-electron chi connectivity index (χ3n) is 4.90. The van der Waals surface area contributed by atoms with E-state index in [2.05, 4.69) is 10.3 Å². The molecular formula is C22H18ClN3O5S2. The first-order valence-electron chi connectivity index (χ1n) is 9.82. The van der Waals surface area contributed by atoms with E-state index in [1.807, 2.05) is 17.5 Å². The molecular weight excluding hydrogens is 486 g/mol. The molecule has 3 aromatic rings. The van der Waals surface area contributed by atoms with Crippen molar-refractivity contribution >= 4 is 58.1 Å². The van der Waals surface area contributed by atoms with Crippen LogP contribution < -0.4 is 20.2 Å². The summed E-state index contributed by atoms with van der Waals surface area (Å²) in [5.74, 6) is -1.63. The van der Waals surface area contributed by atoms with E-state index < -0.39 is 18.0 Å². The number of thiazole rings is 1. The van der Waals surface area contributed by atoms with E-state index in [9.17, 15) is 14.4 Å². The summed E-state index contributed by atoms with van der Waals surface area (Å²) < 4.78 is 7.12. The van der Waals surface area contributed by atoms with Crippen molar-refractivity contribution in [1.82, 2.24) is 4.57 Å². The molecule has 1 aromatic carbocycles.